The molecule has 0 amide bonds. The highest BCUT2D eigenvalue weighted by molar-refractivity contribution is 5.69. The van der Waals surface area contributed by atoms with E-state index in [2.05, 4.69) is 13.8 Å². The highest BCUT2D eigenvalue weighted by Gasteiger charge is 2.90. The summed E-state index contributed by atoms with van der Waals surface area (Å²) in [5, 5.41) is 12.0. The Labute approximate surface area is 180 Å². The summed E-state index contributed by atoms with van der Waals surface area (Å²) in [6, 6.07) is 0. The van der Waals surface area contributed by atoms with Gasteiger partial charge in [0.05, 0.1) is 12.2 Å². The Balaban J connectivity index is 1.19. The zero-order chi connectivity index (χ0) is 20.7. The third-order valence-electron chi connectivity index (χ3n) is 11.8. The third-order valence-corrected chi connectivity index (χ3v) is 11.8. The fourth-order valence-electron chi connectivity index (χ4n) is 10.5. The van der Waals surface area contributed by atoms with Crippen LogP contribution in [0.25, 0.3) is 0 Å². The molecule has 7 fully saturated rings. The molecule has 12 unspecified atom stereocenters. The first-order valence-electron chi connectivity index (χ1n) is 12.9. The lowest BCUT2D eigenvalue weighted by molar-refractivity contribution is -0.215. The molecular weight excluding hydrogens is 376 g/mol. The second-order valence-corrected chi connectivity index (χ2v) is 12.6. The molecular formula is C26H38O4. The lowest BCUT2D eigenvalue weighted by Crippen LogP contribution is -2.63. The van der Waals surface area contributed by atoms with Crippen LogP contribution < -0.4 is 0 Å². The normalized spacial score (nSPS) is 63.3. The van der Waals surface area contributed by atoms with Crippen molar-refractivity contribution in [1.82, 2.24) is 0 Å². The van der Waals surface area contributed by atoms with Crippen molar-refractivity contribution in [2.45, 2.75) is 95.4 Å². The molecule has 30 heavy (non-hydrogen) atoms. The molecule has 0 radical (unpaired) electrons. The Bertz CT molecular complexity index is 811. The quantitative estimate of drug-likeness (QED) is 0.549. The van der Waals surface area contributed by atoms with Crippen LogP contribution in [-0.4, -0.2) is 34.5 Å². The first-order valence-corrected chi connectivity index (χ1v) is 12.9. The number of fused-ring (bicyclic) bond motifs is 10. The maximum atomic E-state index is 12.1. The first-order chi connectivity index (χ1) is 14.3. The van der Waals surface area contributed by atoms with E-state index in [1.807, 2.05) is 6.92 Å². The van der Waals surface area contributed by atoms with Crippen molar-refractivity contribution in [2.24, 2.45) is 52.8 Å². The minimum Gasteiger partial charge on any atom is -0.466 e. The predicted octanol–water partition coefficient (Wildman–Crippen LogP) is 4.34. The summed E-state index contributed by atoms with van der Waals surface area (Å²) >= 11 is 0. The van der Waals surface area contributed by atoms with E-state index in [1.54, 1.807) is 0 Å². The van der Waals surface area contributed by atoms with Crippen LogP contribution in [0.3, 0.4) is 0 Å². The van der Waals surface area contributed by atoms with E-state index >= 15 is 0 Å². The highest BCUT2D eigenvalue weighted by atomic mass is 16.6. The third kappa shape index (κ3) is 1.93. The van der Waals surface area contributed by atoms with Crippen molar-refractivity contribution >= 4 is 5.97 Å². The molecule has 1 saturated heterocycles. The number of carbonyl (C=O) groups excluding carboxylic acids is 1. The van der Waals surface area contributed by atoms with Crippen LogP contribution in [0.4, 0.5) is 0 Å². The van der Waals surface area contributed by atoms with Gasteiger partial charge in [0.25, 0.3) is 0 Å². The maximum absolute atomic E-state index is 12.1. The fraction of sp³-hybridized carbons (Fsp3) is 0.962. The smallest absolute Gasteiger partial charge is 0.305 e. The standard InChI is InChI=1S/C26H38O4/c1-4-29-20(27)7-10-25-19-12-16(19)22-21-15-11-18(15)24(28)13-14(2)5-8-23(24,3)17(21)6-9-26(22,25)30-25/h14-19,21-22,28H,4-13H2,1-3H3. The van der Waals surface area contributed by atoms with Gasteiger partial charge in [0.1, 0.15) is 11.2 Å². The molecule has 0 bridgehead atoms. The van der Waals surface area contributed by atoms with Crippen LogP contribution in [0.1, 0.15) is 78.6 Å². The molecule has 1 aliphatic heterocycles. The summed E-state index contributed by atoms with van der Waals surface area (Å²) in [4.78, 5) is 12.1. The van der Waals surface area contributed by atoms with Gasteiger partial charge in [-0.05, 0) is 111 Å². The Morgan fingerprint density at radius 1 is 1.13 bits per heavy atom. The molecule has 1 heterocycles. The zero-order valence-corrected chi connectivity index (χ0v) is 18.9. The van der Waals surface area contributed by atoms with Crippen LogP contribution in [0.15, 0.2) is 0 Å². The highest BCUT2D eigenvalue weighted by Crippen LogP contribution is 2.86. The minimum atomic E-state index is -0.423. The Kier molecular flexibility index (Phi) is 3.45. The van der Waals surface area contributed by atoms with Crippen molar-refractivity contribution in [2.75, 3.05) is 6.61 Å². The zero-order valence-electron chi connectivity index (χ0n) is 18.9. The number of esters is 1. The van der Waals surface area contributed by atoms with Gasteiger partial charge in [-0.3, -0.25) is 4.79 Å². The molecule has 7 aliphatic rings. The van der Waals surface area contributed by atoms with Crippen molar-refractivity contribution in [3.63, 3.8) is 0 Å². The predicted molar refractivity (Wildman–Crippen MR) is 111 cm³/mol. The molecule has 0 aromatic rings. The van der Waals surface area contributed by atoms with Crippen LogP contribution in [0, 0.1) is 52.8 Å². The van der Waals surface area contributed by atoms with Gasteiger partial charge in [-0.15, -0.1) is 0 Å². The van der Waals surface area contributed by atoms with E-state index in [0.717, 1.165) is 37.0 Å². The summed E-state index contributed by atoms with van der Waals surface area (Å²) in [5.41, 5.74) is -0.276. The van der Waals surface area contributed by atoms with Gasteiger partial charge in [0, 0.05) is 6.42 Å². The van der Waals surface area contributed by atoms with Crippen molar-refractivity contribution in [3.8, 4) is 0 Å². The van der Waals surface area contributed by atoms with Crippen LogP contribution >= 0.6 is 0 Å². The number of epoxide rings is 1. The van der Waals surface area contributed by atoms with Gasteiger partial charge in [0.15, 0.2) is 0 Å². The van der Waals surface area contributed by atoms with E-state index in [9.17, 15) is 9.90 Å². The van der Waals surface area contributed by atoms with E-state index in [1.165, 1.54) is 32.1 Å². The van der Waals surface area contributed by atoms with Gasteiger partial charge in [-0.1, -0.05) is 13.8 Å². The summed E-state index contributed by atoms with van der Waals surface area (Å²) in [7, 11) is 0. The minimum absolute atomic E-state index is 0.0137. The summed E-state index contributed by atoms with van der Waals surface area (Å²) in [5.74, 6) is 5.50. The first kappa shape index (κ1) is 18.9. The Morgan fingerprint density at radius 2 is 1.93 bits per heavy atom. The topological polar surface area (TPSA) is 59.1 Å². The molecule has 1 N–H and O–H groups in total. The van der Waals surface area contributed by atoms with Crippen LogP contribution in [0.2, 0.25) is 0 Å². The fourth-order valence-corrected chi connectivity index (χ4v) is 10.5. The Morgan fingerprint density at radius 3 is 2.73 bits per heavy atom. The van der Waals surface area contributed by atoms with E-state index in [4.69, 9.17) is 9.47 Å². The monoisotopic (exact) mass is 414 g/mol. The second kappa shape index (κ2) is 5.47. The molecule has 4 heteroatoms. The average Bonchev–Trinajstić information content (AvgIpc) is 3.59. The number of rotatable bonds is 4. The van der Waals surface area contributed by atoms with Crippen LogP contribution in [-0.2, 0) is 14.3 Å². The van der Waals surface area contributed by atoms with Crippen LogP contribution in [0.5, 0.6) is 0 Å². The van der Waals surface area contributed by atoms with E-state index < -0.39 is 5.60 Å². The van der Waals surface area contributed by atoms with Crippen molar-refractivity contribution < 1.29 is 19.4 Å². The number of ether oxygens (including phenoxy) is 2. The second-order valence-electron chi connectivity index (χ2n) is 12.6. The van der Waals surface area contributed by atoms with Gasteiger partial charge < -0.3 is 14.6 Å². The lowest BCUT2D eigenvalue weighted by atomic mass is 9.44. The van der Waals surface area contributed by atoms with Gasteiger partial charge in [0.2, 0.25) is 0 Å². The van der Waals surface area contributed by atoms with E-state index in [-0.39, 0.29) is 22.6 Å². The maximum Gasteiger partial charge on any atom is 0.305 e. The molecule has 0 aromatic heterocycles. The lowest BCUT2D eigenvalue weighted by Gasteiger charge is -2.62. The average molecular weight is 415 g/mol. The summed E-state index contributed by atoms with van der Waals surface area (Å²) < 4.78 is 12.0. The van der Waals surface area contributed by atoms with Gasteiger partial charge in [-0.2, -0.15) is 0 Å². The van der Waals surface area contributed by atoms with E-state index in [0.29, 0.717) is 42.6 Å². The number of hydrogen-bond donors (Lipinski definition) is 1. The van der Waals surface area contributed by atoms with Gasteiger partial charge >= 0.3 is 5.97 Å². The molecule has 4 nitrogen and oxygen atoms in total. The van der Waals surface area contributed by atoms with Crippen molar-refractivity contribution in [1.29, 1.82) is 0 Å². The molecule has 6 saturated carbocycles. The summed E-state index contributed by atoms with van der Waals surface area (Å²) in [6.45, 7) is 7.17. The largest absolute Gasteiger partial charge is 0.466 e. The Hall–Kier alpha value is -0.610. The molecule has 166 valence electrons. The number of hydrogen-bond acceptors (Lipinski definition) is 4. The molecule has 6 aliphatic carbocycles. The molecule has 0 aromatic carbocycles. The SMILES string of the molecule is CCOC(=O)CCC12OC13CCC1C(C4CC4C4(O)CC(C)CCC14C)C3C1CC12. The molecule has 7 rings (SSSR count). The number of aliphatic hydroxyl groups is 1. The van der Waals surface area contributed by atoms with Crippen molar-refractivity contribution in [3.05, 3.63) is 0 Å². The molecule has 1 spiro atoms. The number of carbonyl (C=O) groups is 1. The molecule has 12 atom stereocenters. The van der Waals surface area contributed by atoms with Gasteiger partial charge in [-0.25, -0.2) is 0 Å². The summed E-state index contributed by atoms with van der Waals surface area (Å²) in [6.07, 6.45) is 9.84.